The number of carboxylic acid groups (broad SMARTS) is 1. The molecule has 1 aliphatic rings. The number of carbonyl (C=O) groups excluding carboxylic acids is 2. The summed E-state index contributed by atoms with van der Waals surface area (Å²) in [6.45, 7) is 1.96. The molecule has 1 aromatic carbocycles. The van der Waals surface area contributed by atoms with Gasteiger partial charge in [-0.05, 0) is 60.9 Å². The second kappa shape index (κ2) is 9.54. The van der Waals surface area contributed by atoms with Gasteiger partial charge < -0.3 is 22.3 Å². The molecule has 2 aromatic rings. The van der Waals surface area contributed by atoms with E-state index in [1.54, 1.807) is 6.07 Å². The second-order valence-corrected chi connectivity index (χ2v) is 9.26. The summed E-state index contributed by atoms with van der Waals surface area (Å²) >= 11 is 1.20. The molecule has 0 spiro atoms. The first-order valence-corrected chi connectivity index (χ1v) is 11.2. The summed E-state index contributed by atoms with van der Waals surface area (Å²) in [6, 6.07) is 6.61. The number of urea groups is 1. The number of nitrogens with two attached hydrogens (primary N) is 3. The Balaban J connectivity index is 1.87. The van der Waals surface area contributed by atoms with Crippen molar-refractivity contribution in [2.75, 3.05) is 5.32 Å². The maximum absolute atomic E-state index is 11.9. The van der Waals surface area contributed by atoms with E-state index in [1.165, 1.54) is 11.3 Å². The van der Waals surface area contributed by atoms with Crippen LogP contribution in [-0.2, 0) is 4.79 Å². The molecular weight excluding hydrogens is 428 g/mol. The largest absolute Gasteiger partial charge is 0.480 e. The van der Waals surface area contributed by atoms with Crippen LogP contribution in [-0.4, -0.2) is 28.6 Å². The van der Waals surface area contributed by atoms with Crippen molar-refractivity contribution in [3.8, 4) is 10.4 Å². The normalized spacial score (nSPS) is 16.2. The number of primary amides is 2. The van der Waals surface area contributed by atoms with Gasteiger partial charge in [-0.1, -0.05) is 37.1 Å². The smallest absolute Gasteiger partial charge is 0.324 e. The summed E-state index contributed by atoms with van der Waals surface area (Å²) in [6.07, 6.45) is 7.66. The Labute approximate surface area is 190 Å². The maximum atomic E-state index is 11.9. The summed E-state index contributed by atoms with van der Waals surface area (Å²) in [7, 11) is 0. The number of hydrogen-bond donors (Lipinski definition) is 5. The molecule has 1 aromatic heterocycles. The molecule has 3 rings (SSSR count). The molecule has 8 N–H and O–H groups in total. The molecule has 1 atom stereocenters. The number of nitrogens with one attached hydrogen (secondary N) is 1. The molecule has 9 heteroatoms. The lowest BCUT2D eigenvalue weighted by Gasteiger charge is -2.30. The molecule has 170 valence electrons. The Morgan fingerprint density at radius 1 is 1.22 bits per heavy atom. The quantitative estimate of drug-likeness (QED) is 0.408. The third-order valence-electron chi connectivity index (χ3n) is 6.03. The van der Waals surface area contributed by atoms with Crippen molar-refractivity contribution >= 4 is 40.3 Å². The number of hydrogen-bond acceptors (Lipinski definition) is 5. The lowest BCUT2D eigenvalue weighted by molar-refractivity contribution is -0.145. The molecule has 1 aliphatic carbocycles. The van der Waals surface area contributed by atoms with Crippen LogP contribution in [0.1, 0.15) is 53.6 Å². The number of rotatable bonds is 8. The highest BCUT2D eigenvalue weighted by atomic mass is 32.1. The van der Waals surface area contributed by atoms with E-state index in [-0.39, 0.29) is 17.9 Å². The average molecular weight is 457 g/mol. The van der Waals surface area contributed by atoms with E-state index in [9.17, 15) is 19.5 Å². The van der Waals surface area contributed by atoms with Crippen molar-refractivity contribution in [3.05, 3.63) is 47.0 Å². The molecule has 3 amide bonds. The van der Waals surface area contributed by atoms with Crippen LogP contribution < -0.4 is 22.5 Å². The van der Waals surface area contributed by atoms with Crippen LogP contribution >= 0.6 is 11.3 Å². The van der Waals surface area contributed by atoms with Gasteiger partial charge in [0.25, 0.3) is 5.91 Å². The molecule has 1 heterocycles. The maximum Gasteiger partial charge on any atom is 0.324 e. The third kappa shape index (κ3) is 5.00. The number of amides is 3. The van der Waals surface area contributed by atoms with E-state index in [1.807, 2.05) is 37.3 Å². The van der Waals surface area contributed by atoms with E-state index in [2.05, 4.69) is 5.32 Å². The summed E-state index contributed by atoms with van der Waals surface area (Å²) in [5, 5.41) is 12.5. The topological polar surface area (TPSA) is 162 Å². The van der Waals surface area contributed by atoms with Gasteiger partial charge >= 0.3 is 12.0 Å². The first kappa shape index (κ1) is 23.5. The van der Waals surface area contributed by atoms with E-state index in [0.29, 0.717) is 5.00 Å². The van der Waals surface area contributed by atoms with Crippen molar-refractivity contribution in [1.29, 1.82) is 0 Å². The minimum Gasteiger partial charge on any atom is -0.480 e. The fourth-order valence-electron chi connectivity index (χ4n) is 4.14. The summed E-state index contributed by atoms with van der Waals surface area (Å²) in [5.74, 6) is -1.65. The van der Waals surface area contributed by atoms with Crippen LogP contribution in [0.25, 0.3) is 16.5 Å². The van der Waals surface area contributed by atoms with Crippen molar-refractivity contribution in [2.45, 2.75) is 44.6 Å². The minimum atomic E-state index is -1.27. The van der Waals surface area contributed by atoms with E-state index in [4.69, 9.17) is 17.2 Å². The SMILES string of the molecule is Cc1ccc(-c2cc(C(N)=O)c(NC(N)=O)s2)cc1C=CC[C@@](N)(C(=O)O)C1CCCC1. The molecule has 1 saturated carbocycles. The first-order chi connectivity index (χ1) is 15.1. The van der Waals surface area contributed by atoms with Gasteiger partial charge in [-0.15, -0.1) is 11.3 Å². The van der Waals surface area contributed by atoms with E-state index >= 15 is 0 Å². The molecule has 0 aliphatic heterocycles. The van der Waals surface area contributed by atoms with Gasteiger partial charge in [-0.3, -0.25) is 14.9 Å². The summed E-state index contributed by atoms with van der Waals surface area (Å²) < 4.78 is 0. The zero-order valence-electron chi connectivity index (χ0n) is 17.9. The number of thiophene rings is 1. The first-order valence-electron chi connectivity index (χ1n) is 10.4. The highest BCUT2D eigenvalue weighted by Gasteiger charge is 2.42. The predicted molar refractivity (Wildman–Crippen MR) is 126 cm³/mol. The standard InChI is InChI=1S/C23H28N4O4S/c1-13-8-9-15(18-12-17(19(24)28)20(32-18)27-22(25)31)11-14(13)5-4-10-23(26,21(29)30)16-6-2-3-7-16/h4-5,8-9,11-12,16H,2-3,6-7,10,26H2,1H3,(H2,24,28)(H,29,30)(H3,25,27,31)/t23-/m0/s1. The Kier molecular flexibility index (Phi) is 7.00. The average Bonchev–Trinajstić information content (AvgIpc) is 3.39. The molecule has 0 saturated heterocycles. The van der Waals surface area contributed by atoms with Gasteiger partial charge in [0.1, 0.15) is 10.5 Å². The fourth-order valence-corrected chi connectivity index (χ4v) is 5.21. The molecule has 0 unspecified atom stereocenters. The van der Waals surface area contributed by atoms with Crippen molar-refractivity contribution in [1.82, 2.24) is 0 Å². The minimum absolute atomic E-state index is 0.0217. The number of carbonyl (C=O) groups is 3. The highest BCUT2D eigenvalue weighted by molar-refractivity contribution is 7.20. The van der Waals surface area contributed by atoms with Crippen molar-refractivity contribution in [2.24, 2.45) is 23.1 Å². The van der Waals surface area contributed by atoms with Gasteiger partial charge in [0.15, 0.2) is 0 Å². The molecule has 0 radical (unpaired) electrons. The van der Waals surface area contributed by atoms with E-state index < -0.39 is 23.4 Å². The monoisotopic (exact) mass is 456 g/mol. The fraction of sp³-hybridized carbons (Fsp3) is 0.348. The van der Waals surface area contributed by atoms with Gasteiger partial charge in [0, 0.05) is 4.88 Å². The van der Waals surface area contributed by atoms with Crippen LogP contribution in [0.4, 0.5) is 9.80 Å². The van der Waals surface area contributed by atoms with Gasteiger partial charge in [0.05, 0.1) is 5.56 Å². The summed E-state index contributed by atoms with van der Waals surface area (Å²) in [5.41, 5.74) is 18.6. The second-order valence-electron chi connectivity index (χ2n) is 8.21. The lowest BCUT2D eigenvalue weighted by Crippen LogP contribution is -2.53. The van der Waals surface area contributed by atoms with Gasteiger partial charge in [-0.2, -0.15) is 0 Å². The summed E-state index contributed by atoms with van der Waals surface area (Å²) in [4.78, 5) is 35.6. The molecule has 0 bridgehead atoms. The molecular formula is C23H28N4O4S. The highest BCUT2D eigenvalue weighted by Crippen LogP contribution is 2.37. The zero-order chi connectivity index (χ0) is 23.5. The Bertz CT molecular complexity index is 1070. The van der Waals surface area contributed by atoms with Crippen LogP contribution in [0.5, 0.6) is 0 Å². The molecule has 8 nitrogen and oxygen atoms in total. The number of carboxylic acids is 1. The van der Waals surface area contributed by atoms with Crippen LogP contribution in [0.3, 0.4) is 0 Å². The number of anilines is 1. The van der Waals surface area contributed by atoms with Crippen LogP contribution in [0.2, 0.25) is 0 Å². The Morgan fingerprint density at radius 3 is 2.50 bits per heavy atom. The number of aliphatic carboxylic acids is 1. The van der Waals surface area contributed by atoms with Gasteiger partial charge in [0.2, 0.25) is 0 Å². The number of benzene rings is 1. The van der Waals surface area contributed by atoms with Gasteiger partial charge in [-0.25, -0.2) is 4.79 Å². The Morgan fingerprint density at radius 2 is 1.91 bits per heavy atom. The number of aryl methyl sites for hydroxylation is 1. The van der Waals surface area contributed by atoms with Crippen molar-refractivity contribution < 1.29 is 19.5 Å². The molecule has 32 heavy (non-hydrogen) atoms. The molecule has 1 fully saturated rings. The van der Waals surface area contributed by atoms with Crippen molar-refractivity contribution in [3.63, 3.8) is 0 Å². The lowest BCUT2D eigenvalue weighted by atomic mass is 9.80. The predicted octanol–water partition coefficient (Wildman–Crippen LogP) is 3.69. The van der Waals surface area contributed by atoms with Crippen LogP contribution in [0, 0.1) is 12.8 Å². The Hall–Kier alpha value is -3.17. The van der Waals surface area contributed by atoms with Crippen LogP contribution in [0.15, 0.2) is 30.3 Å². The zero-order valence-corrected chi connectivity index (χ0v) is 18.7. The third-order valence-corrected chi connectivity index (χ3v) is 7.13. The van der Waals surface area contributed by atoms with E-state index in [0.717, 1.165) is 47.3 Å².